The highest BCUT2D eigenvalue weighted by Gasteiger charge is 2.26. The Balaban J connectivity index is 2.96. The fourth-order valence-corrected chi connectivity index (χ4v) is 1.94. The quantitative estimate of drug-likeness (QED) is 0.726. The summed E-state index contributed by atoms with van der Waals surface area (Å²) in [5.41, 5.74) is 4.64. The molecule has 0 aliphatic carbocycles. The Morgan fingerprint density at radius 1 is 1.50 bits per heavy atom. The predicted octanol–water partition coefficient (Wildman–Crippen LogP) is 0.826. The van der Waals surface area contributed by atoms with Crippen molar-refractivity contribution >= 4 is 28.3 Å². The van der Waals surface area contributed by atoms with Crippen molar-refractivity contribution in [3.05, 3.63) is 10.6 Å². The van der Waals surface area contributed by atoms with E-state index in [2.05, 4.69) is 10.3 Å². The number of carboxylic acid groups (broad SMARTS) is 1. The number of aryl methyl sites for hydroxylation is 1. The summed E-state index contributed by atoms with van der Waals surface area (Å²) in [5, 5.41) is 12.0. The highest BCUT2D eigenvalue weighted by molar-refractivity contribution is 7.17. The molecule has 4 N–H and O–H groups in total. The summed E-state index contributed by atoms with van der Waals surface area (Å²) >= 11 is 0.982. The van der Waals surface area contributed by atoms with Gasteiger partial charge in [0.05, 0.1) is 5.69 Å². The number of nitrogens with one attached hydrogen (secondary N) is 1. The van der Waals surface area contributed by atoms with Crippen molar-refractivity contribution in [3.63, 3.8) is 0 Å². The van der Waals surface area contributed by atoms with Gasteiger partial charge in [-0.3, -0.25) is 4.79 Å². The average Bonchev–Trinajstić information content (AvgIpc) is 2.45. The molecule has 0 aromatic carbocycles. The van der Waals surface area contributed by atoms with E-state index in [0.29, 0.717) is 10.8 Å². The summed E-state index contributed by atoms with van der Waals surface area (Å²) in [6, 6.07) is 0. The SMILES string of the molecule is Cc1nc(NC(C)(C)C(N)=O)sc1C(=O)O. The van der Waals surface area contributed by atoms with Gasteiger partial charge >= 0.3 is 5.97 Å². The molecule has 1 aromatic heterocycles. The molecule has 88 valence electrons. The Kier molecular flexibility index (Phi) is 3.18. The lowest BCUT2D eigenvalue weighted by Crippen LogP contribution is -2.44. The van der Waals surface area contributed by atoms with Crippen LogP contribution in [0.4, 0.5) is 5.13 Å². The number of anilines is 1. The van der Waals surface area contributed by atoms with E-state index in [1.807, 2.05) is 0 Å². The monoisotopic (exact) mass is 243 g/mol. The molecule has 0 atom stereocenters. The first kappa shape index (κ1) is 12.4. The number of amides is 1. The van der Waals surface area contributed by atoms with Crippen LogP contribution in [-0.4, -0.2) is 27.5 Å². The van der Waals surface area contributed by atoms with Crippen LogP contribution < -0.4 is 11.1 Å². The van der Waals surface area contributed by atoms with Crippen LogP contribution in [0.5, 0.6) is 0 Å². The van der Waals surface area contributed by atoms with Crippen LogP contribution in [0, 0.1) is 6.92 Å². The maximum Gasteiger partial charge on any atom is 0.347 e. The minimum Gasteiger partial charge on any atom is -0.477 e. The lowest BCUT2D eigenvalue weighted by atomic mass is 10.1. The Labute approximate surface area is 96.5 Å². The van der Waals surface area contributed by atoms with E-state index in [1.54, 1.807) is 20.8 Å². The smallest absolute Gasteiger partial charge is 0.347 e. The molecule has 0 aliphatic rings. The van der Waals surface area contributed by atoms with Crippen molar-refractivity contribution in [3.8, 4) is 0 Å². The summed E-state index contributed by atoms with van der Waals surface area (Å²) in [6.45, 7) is 4.81. The van der Waals surface area contributed by atoms with Gasteiger partial charge in [-0.05, 0) is 20.8 Å². The Morgan fingerprint density at radius 2 is 2.06 bits per heavy atom. The van der Waals surface area contributed by atoms with Gasteiger partial charge < -0.3 is 16.2 Å². The minimum atomic E-state index is -1.03. The standard InChI is InChI=1S/C9H13N3O3S/c1-4-5(6(13)14)16-8(11-4)12-9(2,3)7(10)15/h1-3H3,(H2,10,15)(H,11,12)(H,13,14). The van der Waals surface area contributed by atoms with Crippen molar-refractivity contribution in [1.29, 1.82) is 0 Å². The number of nitrogens with two attached hydrogens (primary N) is 1. The molecule has 1 amide bonds. The molecular weight excluding hydrogens is 230 g/mol. The molecular formula is C9H13N3O3S. The molecule has 0 saturated carbocycles. The molecule has 1 rings (SSSR count). The van der Waals surface area contributed by atoms with Crippen LogP contribution in [0.1, 0.15) is 29.2 Å². The van der Waals surface area contributed by atoms with Gasteiger partial charge in [0.25, 0.3) is 0 Å². The molecule has 0 unspecified atom stereocenters. The highest BCUT2D eigenvalue weighted by atomic mass is 32.1. The number of primary amides is 1. The summed E-state index contributed by atoms with van der Waals surface area (Å²) in [4.78, 5) is 26.0. The summed E-state index contributed by atoms with van der Waals surface area (Å²) < 4.78 is 0. The molecule has 1 aromatic rings. The fourth-order valence-electron chi connectivity index (χ4n) is 0.977. The second kappa shape index (κ2) is 4.09. The van der Waals surface area contributed by atoms with E-state index in [9.17, 15) is 9.59 Å². The van der Waals surface area contributed by atoms with Crippen molar-refractivity contribution < 1.29 is 14.7 Å². The summed E-state index contributed by atoms with van der Waals surface area (Å²) in [5.74, 6) is -1.56. The van der Waals surface area contributed by atoms with Gasteiger partial charge in [-0.15, -0.1) is 0 Å². The van der Waals surface area contributed by atoms with E-state index in [-0.39, 0.29) is 4.88 Å². The fraction of sp³-hybridized carbons (Fsp3) is 0.444. The molecule has 0 bridgehead atoms. The zero-order valence-electron chi connectivity index (χ0n) is 9.20. The van der Waals surface area contributed by atoms with E-state index in [0.717, 1.165) is 11.3 Å². The zero-order chi connectivity index (χ0) is 12.5. The maximum atomic E-state index is 11.1. The highest BCUT2D eigenvalue weighted by Crippen LogP contribution is 2.25. The lowest BCUT2D eigenvalue weighted by Gasteiger charge is -2.21. The Bertz CT molecular complexity index is 439. The normalized spacial score (nSPS) is 11.2. The van der Waals surface area contributed by atoms with Crippen LogP contribution in [0.2, 0.25) is 0 Å². The van der Waals surface area contributed by atoms with E-state index >= 15 is 0 Å². The number of rotatable bonds is 4. The van der Waals surface area contributed by atoms with Gasteiger partial charge in [0.2, 0.25) is 5.91 Å². The van der Waals surface area contributed by atoms with Gasteiger partial charge in [0, 0.05) is 0 Å². The second-order valence-corrected chi connectivity index (χ2v) is 4.85. The molecule has 1 heterocycles. The van der Waals surface area contributed by atoms with E-state index < -0.39 is 17.4 Å². The Hall–Kier alpha value is -1.63. The third-order valence-corrected chi connectivity index (χ3v) is 3.09. The first-order valence-corrected chi connectivity index (χ1v) is 5.34. The number of aromatic carboxylic acids is 1. The topological polar surface area (TPSA) is 105 Å². The second-order valence-electron chi connectivity index (χ2n) is 3.85. The van der Waals surface area contributed by atoms with Crippen LogP contribution >= 0.6 is 11.3 Å². The first-order valence-electron chi connectivity index (χ1n) is 4.53. The number of hydrogen-bond donors (Lipinski definition) is 3. The van der Waals surface area contributed by atoms with Gasteiger partial charge in [0.1, 0.15) is 10.4 Å². The lowest BCUT2D eigenvalue weighted by molar-refractivity contribution is -0.121. The molecule has 0 radical (unpaired) electrons. The predicted molar refractivity (Wildman–Crippen MR) is 60.7 cm³/mol. The molecule has 6 nitrogen and oxygen atoms in total. The third-order valence-electron chi connectivity index (χ3n) is 2.03. The van der Waals surface area contributed by atoms with Crippen LogP contribution in [0.25, 0.3) is 0 Å². The number of carboxylic acids is 1. The summed E-state index contributed by atoms with van der Waals surface area (Å²) in [6.07, 6.45) is 0. The first-order chi connectivity index (χ1) is 7.24. The van der Waals surface area contributed by atoms with Crippen molar-refractivity contribution in [2.24, 2.45) is 5.73 Å². The van der Waals surface area contributed by atoms with Crippen LogP contribution in [0.3, 0.4) is 0 Å². The zero-order valence-corrected chi connectivity index (χ0v) is 10.0. The van der Waals surface area contributed by atoms with Crippen molar-refractivity contribution in [2.45, 2.75) is 26.3 Å². The third kappa shape index (κ3) is 2.48. The van der Waals surface area contributed by atoms with Gasteiger partial charge in [-0.25, -0.2) is 9.78 Å². The largest absolute Gasteiger partial charge is 0.477 e. The number of carbonyl (C=O) groups is 2. The number of hydrogen-bond acceptors (Lipinski definition) is 5. The number of carbonyl (C=O) groups excluding carboxylic acids is 1. The van der Waals surface area contributed by atoms with Crippen LogP contribution in [-0.2, 0) is 4.79 Å². The molecule has 7 heteroatoms. The number of nitrogens with zero attached hydrogens (tertiary/aromatic N) is 1. The van der Waals surface area contributed by atoms with E-state index in [1.165, 1.54) is 0 Å². The van der Waals surface area contributed by atoms with Gasteiger partial charge in [-0.1, -0.05) is 11.3 Å². The number of thiazole rings is 1. The number of aromatic nitrogens is 1. The minimum absolute atomic E-state index is 0.155. The molecule has 16 heavy (non-hydrogen) atoms. The average molecular weight is 243 g/mol. The van der Waals surface area contributed by atoms with Crippen LogP contribution in [0.15, 0.2) is 0 Å². The molecule has 0 saturated heterocycles. The van der Waals surface area contributed by atoms with E-state index in [4.69, 9.17) is 10.8 Å². The Morgan fingerprint density at radius 3 is 2.44 bits per heavy atom. The molecule has 0 aliphatic heterocycles. The molecule has 0 spiro atoms. The van der Waals surface area contributed by atoms with Crippen molar-refractivity contribution in [1.82, 2.24) is 4.98 Å². The van der Waals surface area contributed by atoms with Gasteiger partial charge in [0.15, 0.2) is 5.13 Å². The van der Waals surface area contributed by atoms with Gasteiger partial charge in [-0.2, -0.15) is 0 Å². The molecule has 0 fully saturated rings. The maximum absolute atomic E-state index is 11.1. The summed E-state index contributed by atoms with van der Waals surface area (Å²) in [7, 11) is 0. The van der Waals surface area contributed by atoms with Crippen molar-refractivity contribution in [2.75, 3.05) is 5.32 Å².